The number of rotatable bonds is 3. The molecule has 2 N–H and O–H groups in total. The van der Waals surface area contributed by atoms with Gasteiger partial charge in [0.25, 0.3) is 0 Å². The molecule has 4 heteroatoms. The fourth-order valence-corrected chi connectivity index (χ4v) is 2.12. The van der Waals surface area contributed by atoms with Crippen LogP contribution in [0.3, 0.4) is 0 Å². The van der Waals surface area contributed by atoms with Crippen LogP contribution in [0.1, 0.15) is 31.4 Å². The molecule has 0 bridgehead atoms. The third-order valence-corrected chi connectivity index (χ3v) is 2.86. The van der Waals surface area contributed by atoms with Gasteiger partial charge in [0.2, 0.25) is 0 Å². The van der Waals surface area contributed by atoms with Crippen molar-refractivity contribution in [3.8, 4) is 0 Å². The van der Waals surface area contributed by atoms with Crippen LogP contribution in [0.2, 0.25) is 0 Å². The average Bonchev–Trinajstić information content (AvgIpc) is 2.31. The van der Waals surface area contributed by atoms with Gasteiger partial charge >= 0.3 is 0 Å². The lowest BCUT2D eigenvalue weighted by Gasteiger charge is -2.35. The molecule has 0 radical (unpaired) electrons. The first-order chi connectivity index (χ1) is 7.79. The van der Waals surface area contributed by atoms with E-state index in [4.69, 9.17) is 10.6 Å². The molecule has 1 aliphatic rings. The topological polar surface area (TPSA) is 51.4 Å². The fraction of sp³-hybridized carbons (Fsp3) is 0.583. The summed E-state index contributed by atoms with van der Waals surface area (Å²) in [5.41, 5.74) is 7.17. The molecule has 4 nitrogen and oxygen atoms in total. The van der Waals surface area contributed by atoms with Gasteiger partial charge in [-0.2, -0.15) is 5.06 Å². The number of hydroxylamine groups is 2. The third-order valence-electron chi connectivity index (χ3n) is 2.86. The Morgan fingerprint density at radius 3 is 2.94 bits per heavy atom. The molecule has 2 atom stereocenters. The first-order valence-electron chi connectivity index (χ1n) is 5.84. The SMILES string of the molecule is CC(N)C(c1cccnc1)N1CCCCO1. The summed E-state index contributed by atoms with van der Waals surface area (Å²) in [6.07, 6.45) is 5.95. The second-order valence-corrected chi connectivity index (χ2v) is 4.27. The van der Waals surface area contributed by atoms with Crippen molar-refractivity contribution in [2.45, 2.75) is 31.8 Å². The van der Waals surface area contributed by atoms with Crippen LogP contribution in [0.15, 0.2) is 24.5 Å². The van der Waals surface area contributed by atoms with Crippen molar-refractivity contribution in [3.05, 3.63) is 30.1 Å². The molecule has 2 unspecified atom stereocenters. The molecule has 0 spiro atoms. The van der Waals surface area contributed by atoms with Crippen molar-refractivity contribution in [1.29, 1.82) is 0 Å². The van der Waals surface area contributed by atoms with Gasteiger partial charge in [0, 0.05) is 25.0 Å². The summed E-state index contributed by atoms with van der Waals surface area (Å²) < 4.78 is 0. The summed E-state index contributed by atoms with van der Waals surface area (Å²) in [4.78, 5) is 9.83. The minimum atomic E-state index is 0.0299. The number of aromatic nitrogens is 1. The summed E-state index contributed by atoms with van der Waals surface area (Å²) >= 11 is 0. The molecule has 1 aromatic heterocycles. The monoisotopic (exact) mass is 221 g/mol. The number of hydrogen-bond acceptors (Lipinski definition) is 4. The zero-order chi connectivity index (χ0) is 11.4. The first kappa shape index (κ1) is 11.5. The highest BCUT2D eigenvalue weighted by atomic mass is 16.7. The van der Waals surface area contributed by atoms with Crippen LogP contribution in [0.25, 0.3) is 0 Å². The molecule has 16 heavy (non-hydrogen) atoms. The zero-order valence-corrected chi connectivity index (χ0v) is 9.67. The standard InChI is InChI=1S/C12H19N3O/c1-10(13)12(11-5-4-6-14-9-11)15-7-2-3-8-16-15/h4-6,9-10,12H,2-3,7-8,13H2,1H3. The van der Waals surface area contributed by atoms with Gasteiger partial charge in [-0.1, -0.05) is 6.07 Å². The van der Waals surface area contributed by atoms with Crippen molar-refractivity contribution in [3.63, 3.8) is 0 Å². The summed E-state index contributed by atoms with van der Waals surface area (Å²) in [6.45, 7) is 3.75. The lowest BCUT2D eigenvalue weighted by molar-refractivity contribution is -0.211. The van der Waals surface area contributed by atoms with Crippen LogP contribution in [0.4, 0.5) is 0 Å². The predicted molar refractivity (Wildman–Crippen MR) is 62.5 cm³/mol. The molecular formula is C12H19N3O. The van der Waals surface area contributed by atoms with Gasteiger partial charge < -0.3 is 5.73 Å². The second kappa shape index (κ2) is 5.39. The molecule has 1 aromatic rings. The summed E-state index contributed by atoms with van der Waals surface area (Å²) in [5, 5.41) is 2.01. The number of nitrogens with zero attached hydrogens (tertiary/aromatic N) is 2. The summed E-state index contributed by atoms with van der Waals surface area (Å²) in [5.74, 6) is 0. The lowest BCUT2D eigenvalue weighted by atomic mass is 10.0. The quantitative estimate of drug-likeness (QED) is 0.840. The van der Waals surface area contributed by atoms with Crippen molar-refractivity contribution in [2.75, 3.05) is 13.2 Å². The van der Waals surface area contributed by atoms with E-state index in [1.165, 1.54) is 6.42 Å². The molecule has 0 saturated carbocycles. The maximum absolute atomic E-state index is 6.05. The van der Waals surface area contributed by atoms with E-state index in [1.807, 2.05) is 24.3 Å². The Labute approximate surface area is 96.4 Å². The Morgan fingerprint density at radius 2 is 2.38 bits per heavy atom. The predicted octanol–water partition coefficient (Wildman–Crippen LogP) is 1.50. The van der Waals surface area contributed by atoms with Crippen molar-refractivity contribution in [1.82, 2.24) is 10.0 Å². The van der Waals surface area contributed by atoms with Gasteiger partial charge in [0.1, 0.15) is 0 Å². The molecule has 0 aliphatic carbocycles. The fourth-order valence-electron chi connectivity index (χ4n) is 2.12. The molecule has 1 aliphatic heterocycles. The van der Waals surface area contributed by atoms with Crippen LogP contribution in [-0.4, -0.2) is 29.2 Å². The maximum Gasteiger partial charge on any atom is 0.0765 e. The minimum Gasteiger partial charge on any atom is -0.326 e. The number of hydrogen-bond donors (Lipinski definition) is 1. The zero-order valence-electron chi connectivity index (χ0n) is 9.67. The smallest absolute Gasteiger partial charge is 0.0765 e. The molecule has 0 aromatic carbocycles. The van der Waals surface area contributed by atoms with Gasteiger partial charge in [0.15, 0.2) is 0 Å². The normalized spacial score (nSPS) is 21.6. The number of pyridine rings is 1. The van der Waals surface area contributed by atoms with E-state index >= 15 is 0 Å². The molecular weight excluding hydrogens is 202 g/mol. The van der Waals surface area contributed by atoms with Crippen molar-refractivity contribution < 1.29 is 4.84 Å². The van der Waals surface area contributed by atoms with E-state index in [1.54, 1.807) is 6.20 Å². The Balaban J connectivity index is 2.16. The van der Waals surface area contributed by atoms with Gasteiger partial charge in [-0.25, -0.2) is 0 Å². The highest BCUT2D eigenvalue weighted by Crippen LogP contribution is 2.25. The minimum absolute atomic E-state index is 0.0299. The number of nitrogens with two attached hydrogens (primary N) is 1. The second-order valence-electron chi connectivity index (χ2n) is 4.27. The average molecular weight is 221 g/mol. The van der Waals surface area contributed by atoms with E-state index in [2.05, 4.69) is 11.1 Å². The van der Waals surface area contributed by atoms with Crippen LogP contribution >= 0.6 is 0 Å². The van der Waals surface area contributed by atoms with Gasteiger partial charge in [0.05, 0.1) is 12.6 Å². The maximum atomic E-state index is 6.05. The van der Waals surface area contributed by atoms with E-state index in [-0.39, 0.29) is 12.1 Å². The van der Waals surface area contributed by atoms with Gasteiger partial charge in [-0.3, -0.25) is 9.82 Å². The Kier molecular flexibility index (Phi) is 3.88. The van der Waals surface area contributed by atoms with Crippen molar-refractivity contribution in [2.24, 2.45) is 5.73 Å². The highest BCUT2D eigenvalue weighted by Gasteiger charge is 2.26. The Morgan fingerprint density at radius 1 is 1.50 bits per heavy atom. The largest absolute Gasteiger partial charge is 0.326 e. The summed E-state index contributed by atoms with van der Waals surface area (Å²) in [7, 11) is 0. The molecule has 2 heterocycles. The summed E-state index contributed by atoms with van der Waals surface area (Å²) in [6, 6.07) is 4.13. The van der Waals surface area contributed by atoms with E-state index in [0.717, 1.165) is 25.1 Å². The van der Waals surface area contributed by atoms with Gasteiger partial charge in [-0.05, 0) is 31.4 Å². The van der Waals surface area contributed by atoms with E-state index in [0.29, 0.717) is 0 Å². The molecule has 88 valence electrons. The van der Waals surface area contributed by atoms with Gasteiger partial charge in [-0.15, -0.1) is 0 Å². The van der Waals surface area contributed by atoms with Crippen LogP contribution in [-0.2, 0) is 4.84 Å². The lowest BCUT2D eigenvalue weighted by Crippen LogP contribution is -2.42. The Bertz CT molecular complexity index is 309. The highest BCUT2D eigenvalue weighted by molar-refractivity contribution is 5.15. The molecule has 0 amide bonds. The van der Waals surface area contributed by atoms with E-state index in [9.17, 15) is 0 Å². The van der Waals surface area contributed by atoms with E-state index < -0.39 is 0 Å². The first-order valence-corrected chi connectivity index (χ1v) is 5.84. The molecule has 1 saturated heterocycles. The van der Waals surface area contributed by atoms with Crippen LogP contribution < -0.4 is 5.73 Å². The molecule has 2 rings (SSSR count). The Hall–Kier alpha value is -0.970. The van der Waals surface area contributed by atoms with Crippen LogP contribution in [0.5, 0.6) is 0 Å². The van der Waals surface area contributed by atoms with Crippen molar-refractivity contribution >= 4 is 0 Å². The third kappa shape index (κ3) is 2.58. The molecule has 1 fully saturated rings. The van der Waals surface area contributed by atoms with Crippen LogP contribution in [0, 0.1) is 0 Å².